The zero-order valence-corrected chi connectivity index (χ0v) is 14.1. The van der Waals surface area contributed by atoms with Crippen LogP contribution < -0.4 is 4.90 Å². The first-order valence-electron chi connectivity index (χ1n) is 8.64. The van der Waals surface area contributed by atoms with Crippen molar-refractivity contribution in [1.82, 2.24) is 4.90 Å². The fraction of sp³-hybridized carbons (Fsp3) is 0.300. The molecular formula is C20H18F2N2O2. The van der Waals surface area contributed by atoms with Gasteiger partial charge in [0.25, 0.3) is 0 Å². The van der Waals surface area contributed by atoms with E-state index in [2.05, 4.69) is 6.07 Å². The molecule has 1 saturated heterocycles. The second kappa shape index (κ2) is 6.52. The van der Waals surface area contributed by atoms with Crippen molar-refractivity contribution in [1.29, 1.82) is 0 Å². The van der Waals surface area contributed by atoms with E-state index in [1.807, 2.05) is 18.2 Å². The third kappa shape index (κ3) is 2.96. The number of carbonyl (C=O) groups is 2. The molecule has 1 unspecified atom stereocenters. The molecule has 4 rings (SSSR count). The summed E-state index contributed by atoms with van der Waals surface area (Å²) in [6.45, 7) is 1.37. The van der Waals surface area contributed by atoms with Gasteiger partial charge in [-0.05, 0) is 29.7 Å². The highest BCUT2D eigenvalue weighted by Gasteiger charge is 2.38. The lowest BCUT2D eigenvalue weighted by Crippen LogP contribution is -2.40. The Morgan fingerprint density at radius 2 is 1.81 bits per heavy atom. The first kappa shape index (κ1) is 16.7. The summed E-state index contributed by atoms with van der Waals surface area (Å²) in [5, 5.41) is 0. The molecule has 0 aromatic heterocycles. The third-order valence-corrected chi connectivity index (χ3v) is 5.13. The summed E-state index contributed by atoms with van der Waals surface area (Å²) in [4.78, 5) is 28.3. The lowest BCUT2D eigenvalue weighted by molar-refractivity contribution is -0.136. The number of carbonyl (C=O) groups excluding carboxylic acids is 2. The van der Waals surface area contributed by atoms with Crippen LogP contribution in [0.3, 0.4) is 0 Å². The minimum Gasteiger partial charge on any atom is -0.338 e. The van der Waals surface area contributed by atoms with Gasteiger partial charge in [-0.3, -0.25) is 9.59 Å². The van der Waals surface area contributed by atoms with E-state index >= 15 is 0 Å². The molecule has 0 aliphatic carbocycles. The number of benzene rings is 2. The first-order chi connectivity index (χ1) is 12.5. The summed E-state index contributed by atoms with van der Waals surface area (Å²) in [5.41, 5.74) is 2.67. The van der Waals surface area contributed by atoms with E-state index in [0.717, 1.165) is 24.1 Å². The Morgan fingerprint density at radius 3 is 2.58 bits per heavy atom. The molecule has 2 aromatic rings. The van der Waals surface area contributed by atoms with E-state index in [1.54, 1.807) is 4.90 Å². The Labute approximate surface area is 150 Å². The largest absolute Gasteiger partial charge is 0.338 e. The van der Waals surface area contributed by atoms with Gasteiger partial charge in [-0.1, -0.05) is 24.3 Å². The molecule has 1 fully saturated rings. The van der Waals surface area contributed by atoms with Crippen molar-refractivity contribution in [3.8, 4) is 0 Å². The second-order valence-electron chi connectivity index (χ2n) is 6.78. The van der Waals surface area contributed by atoms with Crippen molar-refractivity contribution in [2.75, 3.05) is 18.0 Å². The van der Waals surface area contributed by atoms with Gasteiger partial charge in [0.2, 0.25) is 11.8 Å². The van der Waals surface area contributed by atoms with Gasteiger partial charge in [0.1, 0.15) is 0 Å². The van der Waals surface area contributed by atoms with Crippen LogP contribution in [0.1, 0.15) is 17.5 Å². The maximum absolute atomic E-state index is 13.5. The van der Waals surface area contributed by atoms with Gasteiger partial charge in [-0.2, -0.15) is 0 Å². The lowest BCUT2D eigenvalue weighted by Gasteiger charge is -2.30. The average molecular weight is 356 g/mol. The van der Waals surface area contributed by atoms with Gasteiger partial charge in [0.15, 0.2) is 11.6 Å². The molecule has 6 heteroatoms. The van der Waals surface area contributed by atoms with Crippen LogP contribution in [0.2, 0.25) is 0 Å². The quantitative estimate of drug-likeness (QED) is 0.830. The van der Waals surface area contributed by atoms with Gasteiger partial charge in [-0.25, -0.2) is 8.78 Å². The number of hydrogen-bond donors (Lipinski definition) is 0. The maximum Gasteiger partial charge on any atom is 0.228 e. The summed E-state index contributed by atoms with van der Waals surface area (Å²) in [6, 6.07) is 11.4. The number of rotatable bonds is 2. The Kier molecular flexibility index (Phi) is 4.18. The van der Waals surface area contributed by atoms with Crippen LogP contribution in [0.4, 0.5) is 14.5 Å². The molecule has 2 aliphatic rings. The predicted octanol–water partition coefficient (Wildman–Crippen LogP) is 2.90. The number of anilines is 1. The van der Waals surface area contributed by atoms with Crippen LogP contribution in [-0.2, 0) is 22.6 Å². The van der Waals surface area contributed by atoms with Crippen LogP contribution in [0.15, 0.2) is 42.5 Å². The molecule has 134 valence electrons. The van der Waals surface area contributed by atoms with Crippen molar-refractivity contribution in [3.63, 3.8) is 0 Å². The number of hydrogen-bond acceptors (Lipinski definition) is 2. The minimum absolute atomic E-state index is 0.0575. The van der Waals surface area contributed by atoms with E-state index < -0.39 is 17.6 Å². The highest BCUT2D eigenvalue weighted by Crippen LogP contribution is 2.29. The van der Waals surface area contributed by atoms with Crippen molar-refractivity contribution in [2.45, 2.75) is 19.4 Å². The highest BCUT2D eigenvalue weighted by molar-refractivity contribution is 6.00. The monoisotopic (exact) mass is 356 g/mol. The molecule has 0 saturated carbocycles. The average Bonchev–Trinajstić information content (AvgIpc) is 3.04. The van der Waals surface area contributed by atoms with Crippen molar-refractivity contribution in [3.05, 3.63) is 65.2 Å². The molecule has 2 heterocycles. The van der Waals surface area contributed by atoms with E-state index in [-0.39, 0.29) is 30.5 Å². The number of amides is 2. The zero-order valence-electron chi connectivity index (χ0n) is 14.1. The van der Waals surface area contributed by atoms with Crippen LogP contribution in [0, 0.1) is 17.6 Å². The first-order valence-corrected chi connectivity index (χ1v) is 8.64. The van der Waals surface area contributed by atoms with Gasteiger partial charge in [0, 0.05) is 37.8 Å². The molecule has 0 N–H and O–H groups in total. The summed E-state index contributed by atoms with van der Waals surface area (Å²) >= 11 is 0. The zero-order chi connectivity index (χ0) is 18.3. The normalized spacial score (nSPS) is 19.6. The van der Waals surface area contributed by atoms with Crippen molar-refractivity contribution in [2.24, 2.45) is 5.92 Å². The summed E-state index contributed by atoms with van der Waals surface area (Å²) in [7, 11) is 0. The van der Waals surface area contributed by atoms with Crippen molar-refractivity contribution >= 4 is 17.5 Å². The lowest BCUT2D eigenvalue weighted by atomic mass is 9.98. The van der Waals surface area contributed by atoms with E-state index in [1.165, 1.54) is 16.5 Å². The van der Waals surface area contributed by atoms with Gasteiger partial charge < -0.3 is 9.80 Å². The third-order valence-electron chi connectivity index (χ3n) is 5.13. The van der Waals surface area contributed by atoms with E-state index in [4.69, 9.17) is 0 Å². The summed E-state index contributed by atoms with van der Waals surface area (Å²) < 4.78 is 26.6. The molecule has 0 spiro atoms. The van der Waals surface area contributed by atoms with Gasteiger partial charge >= 0.3 is 0 Å². The van der Waals surface area contributed by atoms with E-state index in [0.29, 0.717) is 13.1 Å². The topological polar surface area (TPSA) is 40.6 Å². The molecule has 1 atom stereocenters. The van der Waals surface area contributed by atoms with Crippen LogP contribution in [0.5, 0.6) is 0 Å². The molecular weight excluding hydrogens is 338 g/mol. The van der Waals surface area contributed by atoms with E-state index in [9.17, 15) is 18.4 Å². The molecule has 2 amide bonds. The van der Waals surface area contributed by atoms with Crippen LogP contribution in [-0.4, -0.2) is 29.8 Å². The summed E-state index contributed by atoms with van der Waals surface area (Å²) in [6.07, 6.45) is 0.894. The molecule has 2 aliphatic heterocycles. The molecule has 4 nitrogen and oxygen atoms in total. The standard InChI is InChI=1S/C20H18F2N2O2/c21-17-6-5-16(10-18(17)22)24-12-15(9-19(24)25)20(26)23-8-7-13-3-1-2-4-14(13)11-23/h1-6,10,15H,7-9,11-12H2. The van der Waals surface area contributed by atoms with Crippen LogP contribution >= 0.6 is 0 Å². The highest BCUT2D eigenvalue weighted by atomic mass is 19.2. The number of nitrogens with zero attached hydrogens (tertiary/aromatic N) is 2. The SMILES string of the molecule is O=C(C1CC(=O)N(c2ccc(F)c(F)c2)C1)N1CCc2ccccc2C1. The predicted molar refractivity (Wildman–Crippen MR) is 92.4 cm³/mol. The maximum atomic E-state index is 13.5. The Balaban J connectivity index is 1.48. The van der Waals surface area contributed by atoms with Crippen LogP contribution in [0.25, 0.3) is 0 Å². The minimum atomic E-state index is -1.00. The molecule has 0 radical (unpaired) electrons. The Hall–Kier alpha value is -2.76. The molecule has 0 bridgehead atoms. The fourth-order valence-corrected chi connectivity index (χ4v) is 3.72. The van der Waals surface area contributed by atoms with Crippen molar-refractivity contribution < 1.29 is 18.4 Å². The molecule has 26 heavy (non-hydrogen) atoms. The fourth-order valence-electron chi connectivity index (χ4n) is 3.72. The van der Waals surface area contributed by atoms with Gasteiger partial charge in [-0.15, -0.1) is 0 Å². The molecule has 2 aromatic carbocycles. The number of halogens is 2. The smallest absolute Gasteiger partial charge is 0.228 e. The van der Waals surface area contributed by atoms with Gasteiger partial charge in [0.05, 0.1) is 5.92 Å². The number of fused-ring (bicyclic) bond motifs is 1. The summed E-state index contributed by atoms with van der Waals surface area (Å²) in [5.74, 6) is -2.72. The Morgan fingerprint density at radius 1 is 1.04 bits per heavy atom. The second-order valence-corrected chi connectivity index (χ2v) is 6.78. The Bertz CT molecular complexity index is 884.